The quantitative estimate of drug-likeness (QED) is 0.794. The maximum absolute atomic E-state index is 10.9. The zero-order chi connectivity index (χ0) is 11.9. The zero-order valence-corrected chi connectivity index (χ0v) is 9.27. The van der Waals surface area contributed by atoms with E-state index in [1.54, 1.807) is 17.8 Å². The number of nitrogens with one attached hydrogen (secondary N) is 1. The number of nitrogens with zero attached hydrogens (tertiary/aromatic N) is 3. The Kier molecular flexibility index (Phi) is 2.26. The minimum atomic E-state index is -1.03. The monoisotopic (exact) mass is 220 g/mol. The molecule has 84 valence electrons. The van der Waals surface area contributed by atoms with Gasteiger partial charge < -0.3 is 10.1 Å². The Morgan fingerprint density at radius 3 is 2.62 bits per heavy atom. The second-order valence-corrected chi connectivity index (χ2v) is 3.67. The van der Waals surface area contributed by atoms with Crippen LogP contribution in [-0.4, -0.2) is 30.8 Å². The molecule has 0 aliphatic heterocycles. The number of aryl methyl sites for hydroxylation is 3. The highest BCUT2D eigenvalue weighted by molar-refractivity contribution is 5.87. The first-order valence-electron chi connectivity index (χ1n) is 4.79. The summed E-state index contributed by atoms with van der Waals surface area (Å²) in [6.45, 7) is 3.54. The van der Waals surface area contributed by atoms with Crippen LogP contribution in [0.15, 0.2) is 6.20 Å². The van der Waals surface area contributed by atoms with Gasteiger partial charge in [-0.05, 0) is 13.8 Å². The zero-order valence-electron chi connectivity index (χ0n) is 9.27. The van der Waals surface area contributed by atoms with Gasteiger partial charge in [0.2, 0.25) is 0 Å². The minimum Gasteiger partial charge on any atom is -0.476 e. The SMILES string of the molecule is Cc1nn(C)cc1-c1nc(C(=O)O)c(C)[nH]1. The molecule has 0 saturated carbocycles. The summed E-state index contributed by atoms with van der Waals surface area (Å²) in [6, 6.07) is 0. The molecule has 0 radical (unpaired) electrons. The summed E-state index contributed by atoms with van der Waals surface area (Å²) >= 11 is 0. The van der Waals surface area contributed by atoms with Gasteiger partial charge in [0.25, 0.3) is 0 Å². The standard InChI is InChI=1S/C10H12N4O2/c1-5-7(4-14(3)13-5)9-11-6(2)8(12-9)10(15)16/h4H,1-3H3,(H,11,12)(H,15,16). The van der Waals surface area contributed by atoms with E-state index < -0.39 is 5.97 Å². The van der Waals surface area contributed by atoms with Gasteiger partial charge >= 0.3 is 5.97 Å². The fraction of sp³-hybridized carbons (Fsp3) is 0.300. The Bertz CT molecular complexity index is 553. The average molecular weight is 220 g/mol. The number of carbonyl (C=O) groups is 1. The van der Waals surface area contributed by atoms with E-state index in [1.807, 2.05) is 14.0 Å². The van der Waals surface area contributed by atoms with Crippen LogP contribution in [0.1, 0.15) is 21.9 Å². The number of H-pyrrole nitrogens is 1. The molecule has 0 aromatic carbocycles. The number of aromatic carboxylic acids is 1. The Morgan fingerprint density at radius 1 is 1.50 bits per heavy atom. The maximum atomic E-state index is 10.9. The minimum absolute atomic E-state index is 0.0539. The molecule has 2 aromatic heterocycles. The van der Waals surface area contributed by atoms with E-state index in [0.29, 0.717) is 11.5 Å². The molecule has 6 nitrogen and oxygen atoms in total. The summed E-state index contributed by atoms with van der Waals surface area (Å²) in [7, 11) is 1.81. The summed E-state index contributed by atoms with van der Waals surface area (Å²) in [5.74, 6) is -0.484. The fourth-order valence-electron chi connectivity index (χ4n) is 1.63. The lowest BCUT2D eigenvalue weighted by Gasteiger charge is -1.90. The van der Waals surface area contributed by atoms with E-state index >= 15 is 0 Å². The fourth-order valence-corrected chi connectivity index (χ4v) is 1.63. The first-order chi connectivity index (χ1) is 7.49. The van der Waals surface area contributed by atoms with Crippen LogP contribution in [0.4, 0.5) is 0 Å². The van der Waals surface area contributed by atoms with Crippen molar-refractivity contribution in [1.29, 1.82) is 0 Å². The molecule has 0 atom stereocenters. The molecule has 2 aromatic rings. The van der Waals surface area contributed by atoms with Gasteiger partial charge in [-0.1, -0.05) is 0 Å². The van der Waals surface area contributed by atoms with E-state index in [-0.39, 0.29) is 5.69 Å². The van der Waals surface area contributed by atoms with Gasteiger partial charge in [-0.3, -0.25) is 4.68 Å². The van der Waals surface area contributed by atoms with Gasteiger partial charge in [-0.2, -0.15) is 5.10 Å². The number of rotatable bonds is 2. The molecule has 16 heavy (non-hydrogen) atoms. The van der Waals surface area contributed by atoms with Crippen molar-refractivity contribution in [2.75, 3.05) is 0 Å². The Balaban J connectivity index is 2.53. The van der Waals surface area contributed by atoms with Crippen LogP contribution < -0.4 is 0 Å². The normalized spacial score (nSPS) is 10.7. The van der Waals surface area contributed by atoms with E-state index in [2.05, 4.69) is 15.1 Å². The number of hydrogen-bond acceptors (Lipinski definition) is 3. The highest BCUT2D eigenvalue weighted by Crippen LogP contribution is 2.20. The van der Waals surface area contributed by atoms with Crippen LogP contribution >= 0.6 is 0 Å². The van der Waals surface area contributed by atoms with E-state index in [0.717, 1.165) is 11.3 Å². The number of hydrogen-bond donors (Lipinski definition) is 2. The highest BCUT2D eigenvalue weighted by Gasteiger charge is 2.16. The lowest BCUT2D eigenvalue weighted by molar-refractivity contribution is 0.0690. The number of aromatic amines is 1. The van der Waals surface area contributed by atoms with Crippen molar-refractivity contribution in [2.24, 2.45) is 7.05 Å². The van der Waals surface area contributed by atoms with Crippen LogP contribution in [0.2, 0.25) is 0 Å². The van der Waals surface area contributed by atoms with Crippen LogP contribution in [0.25, 0.3) is 11.4 Å². The Morgan fingerprint density at radius 2 is 2.19 bits per heavy atom. The van der Waals surface area contributed by atoms with Crippen molar-refractivity contribution >= 4 is 5.97 Å². The second kappa shape index (κ2) is 3.48. The number of carboxylic acid groups (broad SMARTS) is 1. The molecule has 0 aliphatic carbocycles. The average Bonchev–Trinajstić information content (AvgIpc) is 2.69. The molecule has 2 rings (SSSR count). The number of carboxylic acids is 1. The lowest BCUT2D eigenvalue weighted by atomic mass is 10.2. The molecule has 2 N–H and O–H groups in total. The molecule has 2 heterocycles. The van der Waals surface area contributed by atoms with E-state index in [1.165, 1.54) is 0 Å². The molecule has 0 bridgehead atoms. The summed E-state index contributed by atoms with van der Waals surface area (Å²) < 4.78 is 1.67. The molecular weight excluding hydrogens is 208 g/mol. The smallest absolute Gasteiger partial charge is 0.356 e. The van der Waals surface area contributed by atoms with Gasteiger partial charge in [-0.15, -0.1) is 0 Å². The number of imidazole rings is 1. The largest absolute Gasteiger partial charge is 0.476 e. The first kappa shape index (κ1) is 10.4. The Hall–Kier alpha value is -2.11. The molecule has 0 aliphatic rings. The van der Waals surface area contributed by atoms with Crippen LogP contribution in [0, 0.1) is 13.8 Å². The molecular formula is C10H12N4O2. The van der Waals surface area contributed by atoms with Crippen LogP contribution in [0.3, 0.4) is 0 Å². The summed E-state index contributed by atoms with van der Waals surface area (Å²) in [5.41, 5.74) is 2.23. The Labute approximate surface area is 91.9 Å². The molecule has 0 fully saturated rings. The predicted molar refractivity (Wildman–Crippen MR) is 57.2 cm³/mol. The molecule has 0 saturated heterocycles. The third-order valence-electron chi connectivity index (χ3n) is 2.36. The molecule has 0 spiro atoms. The van der Waals surface area contributed by atoms with Gasteiger partial charge in [-0.25, -0.2) is 9.78 Å². The molecule has 6 heteroatoms. The van der Waals surface area contributed by atoms with Crippen molar-refractivity contribution in [3.63, 3.8) is 0 Å². The van der Waals surface area contributed by atoms with Crippen LogP contribution in [0.5, 0.6) is 0 Å². The second-order valence-electron chi connectivity index (χ2n) is 3.67. The van der Waals surface area contributed by atoms with Gasteiger partial charge in [0.05, 0.1) is 11.3 Å². The number of aromatic nitrogens is 4. The molecule has 0 unspecified atom stereocenters. The van der Waals surface area contributed by atoms with Crippen LogP contribution in [-0.2, 0) is 7.05 Å². The lowest BCUT2D eigenvalue weighted by Crippen LogP contribution is -1.98. The van der Waals surface area contributed by atoms with Crippen molar-refractivity contribution in [3.05, 3.63) is 23.3 Å². The molecule has 0 amide bonds. The highest BCUT2D eigenvalue weighted by atomic mass is 16.4. The van der Waals surface area contributed by atoms with Gasteiger partial charge in [0, 0.05) is 18.9 Å². The predicted octanol–water partition coefficient (Wildman–Crippen LogP) is 1.13. The van der Waals surface area contributed by atoms with Crippen molar-refractivity contribution in [3.8, 4) is 11.4 Å². The third-order valence-corrected chi connectivity index (χ3v) is 2.36. The third kappa shape index (κ3) is 1.58. The van der Waals surface area contributed by atoms with Gasteiger partial charge in [0.15, 0.2) is 5.69 Å². The van der Waals surface area contributed by atoms with Crippen molar-refractivity contribution in [1.82, 2.24) is 19.7 Å². The summed E-state index contributed by atoms with van der Waals surface area (Å²) in [6.07, 6.45) is 1.80. The van der Waals surface area contributed by atoms with E-state index in [9.17, 15) is 4.79 Å². The van der Waals surface area contributed by atoms with E-state index in [4.69, 9.17) is 5.11 Å². The van der Waals surface area contributed by atoms with Crippen molar-refractivity contribution < 1.29 is 9.90 Å². The summed E-state index contributed by atoms with van der Waals surface area (Å²) in [5, 5.41) is 13.1. The topological polar surface area (TPSA) is 83.8 Å². The first-order valence-corrected chi connectivity index (χ1v) is 4.79. The summed E-state index contributed by atoms with van der Waals surface area (Å²) in [4.78, 5) is 17.8. The van der Waals surface area contributed by atoms with Gasteiger partial charge in [0.1, 0.15) is 5.82 Å². The maximum Gasteiger partial charge on any atom is 0.356 e. The van der Waals surface area contributed by atoms with Crippen molar-refractivity contribution in [2.45, 2.75) is 13.8 Å².